The molecule has 2 aromatic carbocycles. The number of carbonyl (C=O) groups is 2. The lowest BCUT2D eigenvalue weighted by Gasteiger charge is -2.08. The molecular formula is C17H14N6O5. The molecule has 142 valence electrons. The maximum atomic E-state index is 12.4. The average Bonchev–Trinajstić information content (AvgIpc) is 3.23. The Balaban J connectivity index is 1.78. The van der Waals surface area contributed by atoms with Gasteiger partial charge in [0.15, 0.2) is 0 Å². The highest BCUT2D eigenvalue weighted by Crippen LogP contribution is 2.24. The molecule has 11 nitrogen and oxygen atoms in total. The molecule has 0 aliphatic carbocycles. The van der Waals surface area contributed by atoms with Crippen LogP contribution in [0, 0.1) is 10.1 Å². The van der Waals surface area contributed by atoms with Gasteiger partial charge < -0.3 is 10.1 Å². The molecule has 3 rings (SSSR count). The molecule has 0 bridgehead atoms. The van der Waals surface area contributed by atoms with Crippen molar-refractivity contribution in [2.24, 2.45) is 0 Å². The number of hydrogen-bond donors (Lipinski definition) is 2. The largest absolute Gasteiger partial charge is 0.453 e. The number of hydrogen-bond acceptors (Lipinski definition) is 7. The van der Waals surface area contributed by atoms with Gasteiger partial charge in [0.2, 0.25) is 0 Å². The first-order valence-electron chi connectivity index (χ1n) is 7.88. The van der Waals surface area contributed by atoms with E-state index >= 15 is 0 Å². The van der Waals surface area contributed by atoms with Crippen LogP contribution in [0.2, 0.25) is 0 Å². The maximum Gasteiger partial charge on any atom is 0.411 e. The van der Waals surface area contributed by atoms with Crippen LogP contribution in [0.4, 0.5) is 21.9 Å². The number of methoxy groups -OCH3 is 1. The molecule has 0 saturated heterocycles. The van der Waals surface area contributed by atoms with Crippen molar-refractivity contribution in [2.75, 3.05) is 17.7 Å². The molecule has 0 atom stereocenters. The monoisotopic (exact) mass is 382 g/mol. The normalized spacial score (nSPS) is 10.2. The number of nitrogens with one attached hydrogen (secondary N) is 2. The molecule has 1 aromatic heterocycles. The van der Waals surface area contributed by atoms with E-state index in [1.54, 1.807) is 24.3 Å². The van der Waals surface area contributed by atoms with Gasteiger partial charge in [0.25, 0.3) is 11.6 Å². The summed E-state index contributed by atoms with van der Waals surface area (Å²) >= 11 is 0. The number of nitro groups is 1. The molecule has 0 radical (unpaired) electrons. The fraction of sp³-hybridized carbons (Fsp3) is 0.0588. The molecule has 0 fully saturated rings. The van der Waals surface area contributed by atoms with Gasteiger partial charge in [0, 0.05) is 23.0 Å². The van der Waals surface area contributed by atoms with Crippen molar-refractivity contribution in [2.45, 2.75) is 0 Å². The number of nitrogens with zero attached hydrogens (tertiary/aromatic N) is 4. The second-order valence-corrected chi connectivity index (χ2v) is 5.45. The predicted molar refractivity (Wildman–Crippen MR) is 98.4 cm³/mol. The summed E-state index contributed by atoms with van der Waals surface area (Å²) in [5.74, 6) is -0.526. The van der Waals surface area contributed by atoms with Crippen LogP contribution >= 0.6 is 0 Å². The summed E-state index contributed by atoms with van der Waals surface area (Å²) in [6.07, 6.45) is 1.96. The number of benzene rings is 2. The predicted octanol–water partition coefficient (Wildman–Crippen LogP) is 2.61. The van der Waals surface area contributed by atoms with E-state index in [1.807, 2.05) is 0 Å². The SMILES string of the molecule is COC(=O)Nc1ccc(NC(=O)c2ccc(-n3cncn3)c([N+](=O)[O-])c2)cc1. The summed E-state index contributed by atoms with van der Waals surface area (Å²) in [6.45, 7) is 0. The van der Waals surface area contributed by atoms with Gasteiger partial charge in [-0.05, 0) is 36.4 Å². The van der Waals surface area contributed by atoms with Crippen LogP contribution in [0.3, 0.4) is 0 Å². The Morgan fingerprint density at radius 1 is 1.11 bits per heavy atom. The van der Waals surface area contributed by atoms with Crippen LogP contribution in [0.5, 0.6) is 0 Å². The van der Waals surface area contributed by atoms with Gasteiger partial charge in [-0.3, -0.25) is 20.2 Å². The number of nitro benzene ring substituents is 1. The highest BCUT2D eigenvalue weighted by atomic mass is 16.6. The summed E-state index contributed by atoms with van der Waals surface area (Å²) < 4.78 is 5.73. The van der Waals surface area contributed by atoms with E-state index in [2.05, 4.69) is 25.5 Å². The van der Waals surface area contributed by atoms with Crippen molar-refractivity contribution in [3.63, 3.8) is 0 Å². The van der Waals surface area contributed by atoms with Gasteiger partial charge in [0.1, 0.15) is 18.3 Å². The van der Waals surface area contributed by atoms with Gasteiger partial charge in [-0.2, -0.15) is 5.10 Å². The van der Waals surface area contributed by atoms with Gasteiger partial charge in [-0.25, -0.2) is 14.5 Å². The Morgan fingerprint density at radius 3 is 2.36 bits per heavy atom. The van der Waals surface area contributed by atoms with E-state index in [4.69, 9.17) is 0 Å². The fourth-order valence-electron chi connectivity index (χ4n) is 2.35. The van der Waals surface area contributed by atoms with Gasteiger partial charge in [-0.15, -0.1) is 0 Å². The summed E-state index contributed by atoms with van der Waals surface area (Å²) in [4.78, 5) is 38.1. The molecule has 28 heavy (non-hydrogen) atoms. The van der Waals surface area contributed by atoms with Crippen LogP contribution in [-0.4, -0.2) is 38.8 Å². The Kier molecular flexibility index (Phi) is 5.25. The molecule has 2 N–H and O–H groups in total. The zero-order valence-electron chi connectivity index (χ0n) is 14.5. The first-order chi connectivity index (χ1) is 13.5. The second kappa shape index (κ2) is 7.95. The third-order valence-corrected chi connectivity index (χ3v) is 3.67. The molecular weight excluding hydrogens is 368 g/mol. The summed E-state index contributed by atoms with van der Waals surface area (Å²) in [7, 11) is 1.25. The topological polar surface area (TPSA) is 141 Å². The van der Waals surface area contributed by atoms with E-state index in [0.29, 0.717) is 11.4 Å². The van der Waals surface area contributed by atoms with Gasteiger partial charge >= 0.3 is 6.09 Å². The Hall–Kier alpha value is -4.28. The smallest absolute Gasteiger partial charge is 0.411 e. The summed E-state index contributed by atoms with van der Waals surface area (Å²) in [5, 5.41) is 20.4. The standard InChI is InChI=1S/C17H14N6O5/c1-28-17(25)21-13-5-3-12(4-6-13)20-16(24)11-2-7-14(15(8-11)23(26)27)22-10-18-9-19-22/h2-10H,1H3,(H,20,24)(H,21,25). The number of anilines is 2. The lowest BCUT2D eigenvalue weighted by Crippen LogP contribution is -2.13. The van der Waals surface area contributed by atoms with Crippen molar-refractivity contribution in [3.05, 3.63) is 70.8 Å². The lowest BCUT2D eigenvalue weighted by molar-refractivity contribution is -0.384. The number of rotatable bonds is 5. The third-order valence-electron chi connectivity index (χ3n) is 3.67. The second-order valence-electron chi connectivity index (χ2n) is 5.45. The third kappa shape index (κ3) is 4.09. The van der Waals surface area contributed by atoms with Crippen molar-refractivity contribution in [3.8, 4) is 5.69 Å². The van der Waals surface area contributed by atoms with Crippen LogP contribution in [-0.2, 0) is 4.74 Å². The Morgan fingerprint density at radius 2 is 1.79 bits per heavy atom. The Labute approximate surface area is 158 Å². The number of amides is 2. The molecule has 0 unspecified atom stereocenters. The summed E-state index contributed by atoms with van der Waals surface area (Å²) in [6, 6.07) is 10.3. The van der Waals surface area contributed by atoms with E-state index in [0.717, 1.165) is 0 Å². The minimum absolute atomic E-state index is 0.104. The molecule has 11 heteroatoms. The number of aromatic nitrogens is 3. The van der Waals surface area contributed by atoms with Crippen molar-refractivity contribution < 1.29 is 19.2 Å². The molecule has 0 saturated carbocycles. The quantitative estimate of drug-likeness (QED) is 0.510. The molecule has 3 aromatic rings. The van der Waals surface area contributed by atoms with Gasteiger partial charge in [-0.1, -0.05) is 0 Å². The van der Waals surface area contributed by atoms with Crippen LogP contribution < -0.4 is 10.6 Å². The van der Waals surface area contributed by atoms with E-state index < -0.39 is 16.9 Å². The minimum atomic E-state index is -0.614. The number of carbonyl (C=O) groups excluding carboxylic acids is 2. The molecule has 0 aliphatic rings. The van der Waals surface area contributed by atoms with E-state index in [1.165, 1.54) is 42.6 Å². The van der Waals surface area contributed by atoms with Crippen molar-refractivity contribution in [1.82, 2.24) is 14.8 Å². The highest BCUT2D eigenvalue weighted by Gasteiger charge is 2.19. The van der Waals surface area contributed by atoms with Crippen molar-refractivity contribution >= 4 is 29.1 Å². The van der Waals surface area contributed by atoms with Crippen molar-refractivity contribution in [1.29, 1.82) is 0 Å². The zero-order valence-corrected chi connectivity index (χ0v) is 14.5. The van der Waals surface area contributed by atoms with Crippen LogP contribution in [0.15, 0.2) is 55.1 Å². The lowest BCUT2D eigenvalue weighted by atomic mass is 10.1. The van der Waals surface area contributed by atoms with Crippen LogP contribution in [0.25, 0.3) is 5.69 Å². The van der Waals surface area contributed by atoms with E-state index in [-0.39, 0.29) is 16.9 Å². The molecule has 0 spiro atoms. The minimum Gasteiger partial charge on any atom is -0.453 e. The fourth-order valence-corrected chi connectivity index (χ4v) is 2.35. The molecule has 0 aliphatic heterocycles. The number of ether oxygens (including phenoxy) is 1. The average molecular weight is 382 g/mol. The Bertz CT molecular complexity index is 1020. The molecule has 1 heterocycles. The summed E-state index contributed by atoms with van der Waals surface area (Å²) in [5.41, 5.74) is 0.946. The highest BCUT2D eigenvalue weighted by molar-refractivity contribution is 6.05. The van der Waals surface area contributed by atoms with Gasteiger partial charge in [0.05, 0.1) is 12.0 Å². The first-order valence-corrected chi connectivity index (χ1v) is 7.88. The zero-order chi connectivity index (χ0) is 20.1. The first kappa shape index (κ1) is 18.5. The maximum absolute atomic E-state index is 12.4. The van der Waals surface area contributed by atoms with Crippen LogP contribution in [0.1, 0.15) is 10.4 Å². The van der Waals surface area contributed by atoms with E-state index in [9.17, 15) is 19.7 Å². The molecule has 2 amide bonds.